The summed E-state index contributed by atoms with van der Waals surface area (Å²) in [6.07, 6.45) is 11.3. The number of unbranched alkanes of at least 4 members (excludes halogenated alkanes) is 3. The van der Waals surface area contributed by atoms with Crippen LogP contribution in [0.3, 0.4) is 0 Å². The first kappa shape index (κ1) is 22.0. The van der Waals surface area contributed by atoms with Crippen molar-refractivity contribution in [2.24, 2.45) is 10.9 Å². The molecule has 3 unspecified atom stereocenters. The van der Waals surface area contributed by atoms with Gasteiger partial charge in [-0.15, -0.1) is 0 Å². The number of aliphatic imine (C=N–C) groups is 1. The van der Waals surface area contributed by atoms with E-state index in [0.29, 0.717) is 17.6 Å². The van der Waals surface area contributed by atoms with Crippen LogP contribution in [0.25, 0.3) is 0 Å². The van der Waals surface area contributed by atoms with Crippen LogP contribution in [-0.2, 0) is 4.79 Å². The first-order chi connectivity index (χ1) is 15.2. The Morgan fingerprint density at radius 1 is 1.00 bits per heavy atom. The van der Waals surface area contributed by atoms with Crippen LogP contribution < -0.4 is 0 Å². The second-order valence-electron chi connectivity index (χ2n) is 9.59. The number of hydrogen-bond donors (Lipinski definition) is 0. The molecule has 164 valence electrons. The van der Waals surface area contributed by atoms with E-state index in [2.05, 4.69) is 62.4 Å². The monoisotopic (exact) mass is 415 g/mol. The molecule has 1 saturated carbocycles. The first-order valence-electron chi connectivity index (χ1n) is 12.5. The molecular weight excluding hydrogens is 378 g/mol. The van der Waals surface area contributed by atoms with Crippen molar-refractivity contribution in [2.45, 2.75) is 89.9 Å². The maximum Gasteiger partial charge on any atom is 0.135 e. The summed E-state index contributed by atoms with van der Waals surface area (Å²) < 4.78 is 0. The highest BCUT2D eigenvalue weighted by atomic mass is 16.1. The molecule has 0 spiro atoms. The Hall–Kier alpha value is -2.22. The lowest BCUT2D eigenvalue weighted by molar-refractivity contribution is -0.123. The quantitative estimate of drug-likeness (QED) is 0.316. The van der Waals surface area contributed by atoms with Crippen molar-refractivity contribution in [3.8, 4) is 0 Å². The Kier molecular flexibility index (Phi) is 7.37. The summed E-state index contributed by atoms with van der Waals surface area (Å²) in [5, 5.41) is 0. The molecule has 0 N–H and O–H groups in total. The van der Waals surface area contributed by atoms with E-state index in [4.69, 9.17) is 4.99 Å². The molecule has 0 amide bonds. The molecular formula is C29H37NO. The van der Waals surface area contributed by atoms with Crippen LogP contribution in [0.1, 0.15) is 107 Å². The Labute approximate surface area is 188 Å². The van der Waals surface area contributed by atoms with Gasteiger partial charge >= 0.3 is 0 Å². The van der Waals surface area contributed by atoms with Crippen LogP contribution in [0, 0.1) is 5.92 Å². The summed E-state index contributed by atoms with van der Waals surface area (Å²) in [6.45, 7) is 4.48. The number of hydrogen-bond acceptors (Lipinski definition) is 2. The van der Waals surface area contributed by atoms with Crippen molar-refractivity contribution in [1.29, 1.82) is 0 Å². The molecule has 2 aliphatic rings. The summed E-state index contributed by atoms with van der Waals surface area (Å²) in [5.41, 5.74) is 6.26. The van der Waals surface area contributed by atoms with E-state index >= 15 is 0 Å². The molecule has 2 aromatic rings. The molecule has 4 rings (SSSR count). The van der Waals surface area contributed by atoms with E-state index in [1.54, 1.807) is 0 Å². The molecule has 2 nitrogen and oxygen atoms in total. The highest BCUT2D eigenvalue weighted by molar-refractivity contribution is 6.09. The van der Waals surface area contributed by atoms with Crippen LogP contribution in [0.4, 0.5) is 5.69 Å². The summed E-state index contributed by atoms with van der Waals surface area (Å²) in [7, 11) is 0. The van der Waals surface area contributed by atoms with Gasteiger partial charge in [0.2, 0.25) is 0 Å². The summed E-state index contributed by atoms with van der Waals surface area (Å²) in [5.74, 6) is 1.60. The third-order valence-electron chi connectivity index (χ3n) is 7.36. The fraction of sp³-hybridized carbons (Fsp3) is 0.517. The van der Waals surface area contributed by atoms with Crippen molar-refractivity contribution < 1.29 is 4.79 Å². The number of para-hydroxylation sites is 1. The standard InChI is InChI=1S/C29H37NO/c1-3-4-5-6-18-28(31)24-13-8-7-12-22(19-24)23-14-11-15-25(20-23)29-21(2)26-16-9-10-17-27(26)30-29/h9-11,14-17,20-22,24H,3-8,12-13,18-19H2,1-2H3. The van der Waals surface area contributed by atoms with Crippen molar-refractivity contribution in [3.63, 3.8) is 0 Å². The average molecular weight is 416 g/mol. The van der Waals surface area contributed by atoms with Crippen molar-refractivity contribution in [1.82, 2.24) is 0 Å². The van der Waals surface area contributed by atoms with Crippen molar-refractivity contribution in [3.05, 3.63) is 65.2 Å². The summed E-state index contributed by atoms with van der Waals surface area (Å²) in [6, 6.07) is 17.5. The molecule has 1 aliphatic carbocycles. The van der Waals surface area contributed by atoms with Crippen molar-refractivity contribution in [2.75, 3.05) is 0 Å². The number of carbonyl (C=O) groups is 1. The molecule has 1 heterocycles. The minimum Gasteiger partial charge on any atom is -0.299 e. The molecule has 31 heavy (non-hydrogen) atoms. The third kappa shape index (κ3) is 5.17. The lowest BCUT2D eigenvalue weighted by atomic mass is 9.83. The van der Waals surface area contributed by atoms with Gasteiger partial charge < -0.3 is 0 Å². The van der Waals surface area contributed by atoms with Gasteiger partial charge in [-0.25, -0.2) is 0 Å². The van der Waals surface area contributed by atoms with Crippen LogP contribution in [-0.4, -0.2) is 11.5 Å². The number of carbonyl (C=O) groups excluding carboxylic acids is 1. The lowest BCUT2D eigenvalue weighted by Crippen LogP contribution is -2.16. The van der Waals surface area contributed by atoms with Crippen molar-refractivity contribution >= 4 is 17.2 Å². The largest absolute Gasteiger partial charge is 0.299 e. The highest BCUT2D eigenvalue weighted by Crippen LogP contribution is 2.39. The topological polar surface area (TPSA) is 29.4 Å². The van der Waals surface area contributed by atoms with Gasteiger partial charge in [0.1, 0.15) is 5.78 Å². The Balaban J connectivity index is 1.47. The fourth-order valence-corrected chi connectivity index (χ4v) is 5.48. The Morgan fingerprint density at radius 3 is 2.68 bits per heavy atom. The SMILES string of the molecule is CCCCCCC(=O)C1CCCCC(c2cccc(C3=Nc4ccccc4C3C)c2)C1. The zero-order valence-corrected chi connectivity index (χ0v) is 19.3. The van der Waals surface area contributed by atoms with Gasteiger partial charge in [-0.2, -0.15) is 0 Å². The van der Waals surface area contributed by atoms with Gasteiger partial charge in [0.15, 0.2) is 0 Å². The highest BCUT2D eigenvalue weighted by Gasteiger charge is 2.28. The number of Topliss-reactive ketones (excluding diaryl/α,β-unsaturated/α-hetero) is 1. The maximum absolute atomic E-state index is 12.9. The minimum absolute atomic E-state index is 0.254. The van der Waals surface area contributed by atoms with E-state index in [9.17, 15) is 4.79 Å². The van der Waals surface area contributed by atoms with Crippen LogP contribution in [0.5, 0.6) is 0 Å². The molecule has 2 heteroatoms. The Bertz CT molecular complexity index is 928. The number of fused-ring (bicyclic) bond motifs is 1. The zero-order chi connectivity index (χ0) is 21.6. The molecule has 1 fully saturated rings. The molecule has 0 bridgehead atoms. The fourth-order valence-electron chi connectivity index (χ4n) is 5.48. The summed E-state index contributed by atoms with van der Waals surface area (Å²) in [4.78, 5) is 17.9. The number of nitrogens with zero attached hydrogens (tertiary/aromatic N) is 1. The van der Waals surface area contributed by atoms with E-state index in [-0.39, 0.29) is 5.92 Å². The van der Waals surface area contributed by atoms with Gasteiger partial charge in [0, 0.05) is 18.3 Å². The molecule has 3 atom stereocenters. The number of ketones is 1. The zero-order valence-electron chi connectivity index (χ0n) is 19.3. The molecule has 1 aliphatic heterocycles. The maximum atomic E-state index is 12.9. The summed E-state index contributed by atoms with van der Waals surface area (Å²) >= 11 is 0. The van der Waals surface area contributed by atoms with Gasteiger partial charge in [-0.05, 0) is 60.4 Å². The Morgan fingerprint density at radius 2 is 1.84 bits per heavy atom. The predicted octanol–water partition coefficient (Wildman–Crippen LogP) is 8.13. The average Bonchev–Trinajstić information content (AvgIpc) is 2.97. The second-order valence-corrected chi connectivity index (χ2v) is 9.59. The van der Waals surface area contributed by atoms with E-state index in [1.165, 1.54) is 60.9 Å². The van der Waals surface area contributed by atoms with Crippen LogP contribution >= 0.6 is 0 Å². The van der Waals surface area contributed by atoms with Crippen LogP contribution in [0.15, 0.2) is 53.5 Å². The lowest BCUT2D eigenvalue weighted by Gasteiger charge is -2.21. The van der Waals surface area contributed by atoms with Gasteiger partial charge in [-0.1, -0.05) is 82.3 Å². The number of benzene rings is 2. The van der Waals surface area contributed by atoms with Gasteiger partial charge in [0.05, 0.1) is 11.4 Å². The minimum atomic E-state index is 0.254. The van der Waals surface area contributed by atoms with E-state index in [0.717, 1.165) is 31.4 Å². The first-order valence-corrected chi connectivity index (χ1v) is 12.5. The molecule has 0 radical (unpaired) electrons. The molecule has 0 saturated heterocycles. The smallest absolute Gasteiger partial charge is 0.135 e. The molecule has 0 aromatic heterocycles. The normalized spacial score (nSPS) is 23.2. The van der Waals surface area contributed by atoms with Crippen LogP contribution in [0.2, 0.25) is 0 Å². The number of rotatable bonds is 8. The van der Waals surface area contributed by atoms with Gasteiger partial charge in [0.25, 0.3) is 0 Å². The van der Waals surface area contributed by atoms with E-state index in [1.807, 2.05) is 0 Å². The van der Waals surface area contributed by atoms with Gasteiger partial charge in [-0.3, -0.25) is 9.79 Å². The third-order valence-corrected chi connectivity index (χ3v) is 7.36. The predicted molar refractivity (Wildman–Crippen MR) is 131 cm³/mol. The molecule has 2 aromatic carbocycles. The second kappa shape index (κ2) is 10.4. The van der Waals surface area contributed by atoms with E-state index < -0.39 is 0 Å².